The molecule has 3 rings (SSSR count). The summed E-state index contributed by atoms with van der Waals surface area (Å²) in [6, 6.07) is 9.15. The van der Waals surface area contributed by atoms with E-state index in [0.29, 0.717) is 46.7 Å². The van der Waals surface area contributed by atoms with Gasteiger partial charge in [-0.1, -0.05) is 13.5 Å². The van der Waals surface area contributed by atoms with Crippen LogP contribution in [0.3, 0.4) is 0 Å². The first-order valence-corrected chi connectivity index (χ1v) is 10.3. The van der Waals surface area contributed by atoms with Crippen molar-refractivity contribution in [2.24, 2.45) is 0 Å². The first kappa shape index (κ1) is 23.6. The fraction of sp³-hybridized carbons (Fsp3) is 0.217. The van der Waals surface area contributed by atoms with Crippen LogP contribution in [0.15, 0.2) is 55.4 Å². The van der Waals surface area contributed by atoms with Crippen molar-refractivity contribution in [1.82, 2.24) is 15.4 Å². The number of hydrogen-bond donors (Lipinski definition) is 4. The maximum atomic E-state index is 13.2. The van der Waals surface area contributed by atoms with E-state index in [9.17, 15) is 14.0 Å². The Hall–Kier alpha value is -4.05. The molecule has 1 unspecified atom stereocenters. The number of nitrogens with one attached hydrogen (secondary N) is 3. The van der Waals surface area contributed by atoms with Gasteiger partial charge in [-0.3, -0.25) is 14.8 Å². The summed E-state index contributed by atoms with van der Waals surface area (Å²) >= 11 is 0. The zero-order valence-corrected chi connectivity index (χ0v) is 18.0. The van der Waals surface area contributed by atoms with Gasteiger partial charge < -0.3 is 15.4 Å². The minimum atomic E-state index is -0.514. The zero-order valence-electron chi connectivity index (χ0n) is 18.0. The van der Waals surface area contributed by atoms with Gasteiger partial charge in [-0.05, 0) is 49.2 Å². The van der Waals surface area contributed by atoms with E-state index in [4.69, 9.17) is 9.94 Å². The summed E-state index contributed by atoms with van der Waals surface area (Å²) in [5, 5.41) is 15.1. The largest absolute Gasteiger partial charge is 0.488 e. The van der Waals surface area contributed by atoms with Crippen molar-refractivity contribution in [3.05, 3.63) is 61.2 Å². The number of ether oxygens (including phenoxy) is 1. The molecule has 2 amide bonds. The van der Waals surface area contributed by atoms with Crippen LogP contribution in [0.5, 0.6) is 5.75 Å². The Labute approximate surface area is 189 Å². The number of benzene rings is 2. The maximum absolute atomic E-state index is 13.2. The van der Waals surface area contributed by atoms with Gasteiger partial charge in [0.25, 0.3) is 0 Å². The Morgan fingerprint density at radius 3 is 2.67 bits per heavy atom. The van der Waals surface area contributed by atoms with E-state index in [1.165, 1.54) is 18.5 Å². The lowest BCUT2D eigenvalue weighted by atomic mass is 10.1. The number of halogens is 1. The highest BCUT2D eigenvalue weighted by molar-refractivity contribution is 6.03. The first-order chi connectivity index (χ1) is 15.9. The quantitative estimate of drug-likeness (QED) is 0.207. The van der Waals surface area contributed by atoms with E-state index in [-0.39, 0.29) is 18.3 Å². The molecule has 2 aromatic carbocycles. The third-order valence-corrected chi connectivity index (χ3v) is 4.85. The van der Waals surface area contributed by atoms with Gasteiger partial charge in [0.15, 0.2) is 0 Å². The molecule has 9 nitrogen and oxygen atoms in total. The third-order valence-electron chi connectivity index (χ3n) is 4.85. The topological polar surface area (TPSA) is 125 Å². The molecule has 0 bridgehead atoms. The van der Waals surface area contributed by atoms with Gasteiger partial charge in [0, 0.05) is 23.6 Å². The minimum Gasteiger partial charge on any atom is -0.488 e. The van der Waals surface area contributed by atoms with Gasteiger partial charge in [-0.2, -0.15) is 0 Å². The fourth-order valence-electron chi connectivity index (χ4n) is 3.11. The molecule has 0 fully saturated rings. The summed E-state index contributed by atoms with van der Waals surface area (Å²) in [7, 11) is 0. The van der Waals surface area contributed by atoms with E-state index in [2.05, 4.69) is 27.2 Å². The summed E-state index contributed by atoms with van der Waals surface area (Å²) in [4.78, 5) is 32.0. The Morgan fingerprint density at radius 1 is 1.24 bits per heavy atom. The molecule has 172 valence electrons. The lowest BCUT2D eigenvalue weighted by Gasteiger charge is -2.20. The van der Waals surface area contributed by atoms with Gasteiger partial charge in [0.1, 0.15) is 23.7 Å². The SMILES string of the molecule is C=CC(=O)Nc1cc2c(Nc3ccc(F)cc3)ncnc2cc1OC(CC)CCC(=O)NO. The van der Waals surface area contributed by atoms with Crippen molar-refractivity contribution in [2.45, 2.75) is 32.3 Å². The van der Waals surface area contributed by atoms with Crippen LogP contribution < -0.4 is 20.9 Å². The van der Waals surface area contributed by atoms with Crippen LogP contribution in [-0.2, 0) is 9.59 Å². The van der Waals surface area contributed by atoms with Crippen LogP contribution in [0.25, 0.3) is 10.9 Å². The summed E-state index contributed by atoms with van der Waals surface area (Å²) in [5.74, 6) is -0.484. The number of amides is 2. The standard InChI is InChI=1S/C23H24FN5O4/c1-3-16(9-10-22(31)29-32)33-20-12-18-17(11-19(20)28-21(30)4-2)23(26-13-25-18)27-15-7-5-14(24)6-8-15/h4-8,11-13,16,32H,2-3,9-10H2,1H3,(H,28,30)(H,29,31)(H,25,26,27). The van der Waals surface area contributed by atoms with E-state index in [1.54, 1.807) is 29.7 Å². The monoisotopic (exact) mass is 453 g/mol. The summed E-state index contributed by atoms with van der Waals surface area (Å²) in [5.41, 5.74) is 3.14. The predicted octanol–water partition coefficient (Wildman–Crippen LogP) is 4.08. The molecule has 33 heavy (non-hydrogen) atoms. The molecular weight excluding hydrogens is 429 g/mol. The molecule has 0 aliphatic carbocycles. The molecule has 0 aliphatic rings. The Bertz CT molecular complexity index is 1150. The number of fused-ring (bicyclic) bond motifs is 1. The minimum absolute atomic E-state index is 0.0743. The number of rotatable bonds is 10. The second-order valence-corrected chi connectivity index (χ2v) is 7.13. The highest BCUT2D eigenvalue weighted by Crippen LogP contribution is 2.34. The van der Waals surface area contributed by atoms with Crippen LogP contribution in [0.2, 0.25) is 0 Å². The van der Waals surface area contributed by atoms with Crippen molar-refractivity contribution in [3.63, 3.8) is 0 Å². The lowest BCUT2D eigenvalue weighted by Crippen LogP contribution is -2.23. The van der Waals surface area contributed by atoms with Crippen LogP contribution in [0, 0.1) is 5.82 Å². The molecule has 1 aromatic heterocycles. The molecule has 0 spiro atoms. The molecule has 0 aliphatic heterocycles. The van der Waals surface area contributed by atoms with Gasteiger partial charge in [0.2, 0.25) is 11.8 Å². The highest BCUT2D eigenvalue weighted by atomic mass is 19.1. The molecule has 0 radical (unpaired) electrons. The van der Waals surface area contributed by atoms with Crippen LogP contribution >= 0.6 is 0 Å². The van der Waals surface area contributed by atoms with E-state index < -0.39 is 11.8 Å². The second-order valence-electron chi connectivity index (χ2n) is 7.13. The second kappa shape index (κ2) is 11.0. The first-order valence-electron chi connectivity index (χ1n) is 10.3. The Morgan fingerprint density at radius 2 is 2.00 bits per heavy atom. The van der Waals surface area contributed by atoms with E-state index >= 15 is 0 Å². The third kappa shape index (κ3) is 6.23. The van der Waals surface area contributed by atoms with Crippen molar-refractivity contribution < 1.29 is 23.9 Å². The molecular formula is C23H24FN5O4. The molecule has 0 saturated carbocycles. The van der Waals surface area contributed by atoms with Gasteiger partial charge >= 0.3 is 0 Å². The van der Waals surface area contributed by atoms with Gasteiger partial charge in [-0.25, -0.2) is 19.8 Å². The zero-order chi connectivity index (χ0) is 23.8. The van der Waals surface area contributed by atoms with Crippen LogP contribution in [0.1, 0.15) is 26.2 Å². The average molecular weight is 453 g/mol. The average Bonchev–Trinajstić information content (AvgIpc) is 2.83. The summed E-state index contributed by atoms with van der Waals surface area (Å²) < 4.78 is 19.3. The Balaban J connectivity index is 1.97. The fourth-order valence-corrected chi connectivity index (χ4v) is 3.11. The maximum Gasteiger partial charge on any atom is 0.247 e. The van der Waals surface area contributed by atoms with Gasteiger partial charge in [-0.15, -0.1) is 0 Å². The van der Waals surface area contributed by atoms with Crippen LogP contribution in [-0.4, -0.2) is 33.1 Å². The number of aromatic nitrogens is 2. The van der Waals surface area contributed by atoms with Crippen molar-refractivity contribution >= 4 is 39.9 Å². The van der Waals surface area contributed by atoms with Gasteiger partial charge in [0.05, 0.1) is 17.3 Å². The predicted molar refractivity (Wildman–Crippen MR) is 122 cm³/mol. The number of anilines is 3. The van der Waals surface area contributed by atoms with E-state index in [0.717, 1.165) is 6.08 Å². The van der Waals surface area contributed by atoms with Crippen molar-refractivity contribution in [2.75, 3.05) is 10.6 Å². The summed E-state index contributed by atoms with van der Waals surface area (Å²) in [6.07, 6.45) is 3.19. The van der Waals surface area contributed by atoms with Crippen molar-refractivity contribution in [3.8, 4) is 5.75 Å². The van der Waals surface area contributed by atoms with E-state index in [1.807, 2.05) is 6.92 Å². The molecule has 1 atom stereocenters. The number of nitrogens with zero attached hydrogens (tertiary/aromatic N) is 2. The number of carbonyl (C=O) groups excluding carboxylic acids is 2. The molecule has 4 N–H and O–H groups in total. The van der Waals surface area contributed by atoms with Crippen LogP contribution in [0.4, 0.5) is 21.6 Å². The normalized spacial score (nSPS) is 11.5. The number of hydroxylamine groups is 1. The smallest absolute Gasteiger partial charge is 0.247 e. The van der Waals surface area contributed by atoms with Crippen molar-refractivity contribution in [1.29, 1.82) is 0 Å². The Kier molecular flexibility index (Phi) is 7.87. The summed E-state index contributed by atoms with van der Waals surface area (Å²) in [6.45, 7) is 5.38. The highest BCUT2D eigenvalue weighted by Gasteiger charge is 2.17. The molecule has 3 aromatic rings. The lowest BCUT2D eigenvalue weighted by molar-refractivity contribution is -0.129. The number of hydrogen-bond acceptors (Lipinski definition) is 7. The number of carbonyl (C=O) groups is 2. The molecule has 1 heterocycles. The molecule has 0 saturated heterocycles. The molecule has 10 heteroatoms.